The molecule has 2 aliphatic heterocycles. The first-order valence-electron chi connectivity index (χ1n) is 6.28. The molecule has 0 radical (unpaired) electrons. The lowest BCUT2D eigenvalue weighted by atomic mass is 9.99. The van der Waals surface area contributed by atoms with Crippen LogP contribution in [-0.2, 0) is 10.2 Å². The molecule has 2 rings (SSSR count). The van der Waals surface area contributed by atoms with Crippen LogP contribution in [0.2, 0.25) is 0 Å². The predicted octanol–water partition coefficient (Wildman–Crippen LogP) is -0.215. The van der Waals surface area contributed by atoms with Gasteiger partial charge >= 0.3 is 0 Å². The van der Waals surface area contributed by atoms with E-state index in [0.29, 0.717) is 26.2 Å². The monoisotopic (exact) mass is 276 g/mol. The molecule has 0 aliphatic carbocycles. The summed E-state index contributed by atoms with van der Waals surface area (Å²) in [5.74, 6) is -0.0579. The summed E-state index contributed by atoms with van der Waals surface area (Å²) in [6.07, 6.45) is 3.36. The lowest BCUT2D eigenvalue weighted by molar-refractivity contribution is 0.275. The average molecular weight is 276 g/mol. The Morgan fingerprint density at radius 1 is 1.17 bits per heavy atom. The molecule has 1 unspecified atom stereocenters. The second-order valence-corrected chi connectivity index (χ2v) is 6.76. The molecule has 0 amide bonds. The summed E-state index contributed by atoms with van der Waals surface area (Å²) < 4.78 is 27.7. The van der Waals surface area contributed by atoms with Crippen molar-refractivity contribution in [2.75, 3.05) is 26.2 Å². The lowest BCUT2D eigenvalue weighted by Gasteiger charge is -2.33. The van der Waals surface area contributed by atoms with Gasteiger partial charge in [0.1, 0.15) is 5.84 Å². The van der Waals surface area contributed by atoms with Crippen molar-refractivity contribution < 1.29 is 13.6 Å². The number of piperidine rings is 1. The summed E-state index contributed by atoms with van der Waals surface area (Å²) in [5.41, 5.74) is 5.57. The molecular weight excluding hydrogens is 256 g/mol. The number of oxime groups is 1. The molecular formula is C10H20N4O3S. The van der Waals surface area contributed by atoms with Crippen molar-refractivity contribution in [1.82, 2.24) is 8.61 Å². The first-order chi connectivity index (χ1) is 8.55. The number of hydrogen-bond acceptors (Lipinski definition) is 4. The fourth-order valence-electron chi connectivity index (χ4n) is 2.56. The van der Waals surface area contributed by atoms with Crippen molar-refractivity contribution in [3.05, 3.63) is 0 Å². The third-order valence-electron chi connectivity index (χ3n) is 3.64. The van der Waals surface area contributed by atoms with E-state index < -0.39 is 10.2 Å². The van der Waals surface area contributed by atoms with Crippen molar-refractivity contribution >= 4 is 16.0 Å². The van der Waals surface area contributed by atoms with Crippen LogP contribution in [0.25, 0.3) is 0 Å². The first kappa shape index (κ1) is 13.6. The smallest absolute Gasteiger partial charge is 0.281 e. The second kappa shape index (κ2) is 5.41. The van der Waals surface area contributed by atoms with Crippen molar-refractivity contribution in [2.24, 2.45) is 16.8 Å². The molecule has 1 atom stereocenters. The Morgan fingerprint density at radius 3 is 2.39 bits per heavy atom. The molecule has 18 heavy (non-hydrogen) atoms. The number of hydrogen-bond donors (Lipinski definition) is 2. The third-order valence-corrected chi connectivity index (χ3v) is 5.64. The minimum absolute atomic E-state index is 0.122. The summed E-state index contributed by atoms with van der Waals surface area (Å²) in [5, 5.41) is 11.7. The van der Waals surface area contributed by atoms with Gasteiger partial charge in [0.2, 0.25) is 0 Å². The number of rotatable bonds is 3. The standard InChI is InChI=1S/C10H20N4O3S/c11-10(12-15)9-4-3-7-14(8-9)18(16,17)13-5-1-2-6-13/h9,15H,1-8H2,(H2,11,12). The van der Waals surface area contributed by atoms with Gasteiger partial charge in [-0.3, -0.25) is 0 Å². The summed E-state index contributed by atoms with van der Waals surface area (Å²) in [4.78, 5) is 0. The van der Waals surface area contributed by atoms with Crippen molar-refractivity contribution in [2.45, 2.75) is 25.7 Å². The minimum atomic E-state index is -3.36. The van der Waals surface area contributed by atoms with Gasteiger partial charge in [0.05, 0.1) is 0 Å². The first-order valence-corrected chi connectivity index (χ1v) is 7.68. The van der Waals surface area contributed by atoms with Crippen LogP contribution < -0.4 is 5.73 Å². The lowest BCUT2D eigenvalue weighted by Crippen LogP contribution is -2.49. The molecule has 104 valence electrons. The van der Waals surface area contributed by atoms with Crippen molar-refractivity contribution in [3.8, 4) is 0 Å². The van der Waals surface area contributed by atoms with E-state index in [1.54, 1.807) is 0 Å². The average Bonchev–Trinajstić information content (AvgIpc) is 2.92. The largest absolute Gasteiger partial charge is 0.409 e. The number of amidine groups is 1. The van der Waals surface area contributed by atoms with Crippen LogP contribution in [0, 0.1) is 5.92 Å². The van der Waals surface area contributed by atoms with Crippen LogP contribution in [0.15, 0.2) is 5.16 Å². The Kier molecular flexibility index (Phi) is 4.08. The zero-order chi connectivity index (χ0) is 13.2. The van der Waals surface area contributed by atoms with Crippen molar-refractivity contribution in [1.29, 1.82) is 0 Å². The highest BCUT2D eigenvalue weighted by molar-refractivity contribution is 7.86. The molecule has 2 aliphatic rings. The normalized spacial score (nSPS) is 28.7. The van der Waals surface area contributed by atoms with Gasteiger partial charge in [-0.1, -0.05) is 5.16 Å². The van der Waals surface area contributed by atoms with Gasteiger partial charge in [-0.05, 0) is 25.7 Å². The molecule has 0 spiro atoms. The van der Waals surface area contributed by atoms with Crippen LogP contribution in [-0.4, -0.2) is 54.3 Å². The maximum Gasteiger partial charge on any atom is 0.281 e. The fourth-order valence-corrected chi connectivity index (χ4v) is 4.33. The highest BCUT2D eigenvalue weighted by Crippen LogP contribution is 2.23. The number of nitrogens with two attached hydrogens (primary N) is 1. The highest BCUT2D eigenvalue weighted by Gasteiger charge is 2.35. The summed E-state index contributed by atoms with van der Waals surface area (Å²) in [6, 6.07) is 0. The maximum absolute atomic E-state index is 12.4. The fraction of sp³-hybridized carbons (Fsp3) is 0.900. The van der Waals surface area contributed by atoms with Gasteiger partial charge in [-0.15, -0.1) is 0 Å². The SMILES string of the molecule is NC(=NO)C1CCCN(S(=O)(=O)N2CCCC2)C1. The Hall–Kier alpha value is -0.860. The predicted molar refractivity (Wildman–Crippen MR) is 67.4 cm³/mol. The van der Waals surface area contributed by atoms with Crippen LogP contribution in [0.4, 0.5) is 0 Å². The molecule has 0 saturated carbocycles. The molecule has 8 heteroatoms. The molecule has 2 saturated heterocycles. The molecule has 0 aromatic heterocycles. The van der Waals surface area contributed by atoms with Gasteiger partial charge in [0, 0.05) is 32.1 Å². The van der Waals surface area contributed by atoms with Gasteiger partial charge < -0.3 is 10.9 Å². The van der Waals surface area contributed by atoms with Crippen LogP contribution in [0.3, 0.4) is 0 Å². The van der Waals surface area contributed by atoms with E-state index in [9.17, 15) is 8.42 Å². The Bertz CT molecular complexity index is 417. The second-order valence-electron chi connectivity index (χ2n) is 4.84. The van der Waals surface area contributed by atoms with E-state index >= 15 is 0 Å². The summed E-state index contributed by atoms with van der Waals surface area (Å²) in [7, 11) is -3.36. The van der Waals surface area contributed by atoms with E-state index in [2.05, 4.69) is 5.16 Å². The molecule has 0 aromatic rings. The topological polar surface area (TPSA) is 99.2 Å². The van der Waals surface area contributed by atoms with E-state index in [4.69, 9.17) is 10.9 Å². The van der Waals surface area contributed by atoms with Crippen molar-refractivity contribution in [3.63, 3.8) is 0 Å². The highest BCUT2D eigenvalue weighted by atomic mass is 32.2. The van der Waals surface area contributed by atoms with E-state index in [1.165, 1.54) is 8.61 Å². The van der Waals surface area contributed by atoms with Gasteiger partial charge in [0.15, 0.2) is 0 Å². The van der Waals surface area contributed by atoms with Gasteiger partial charge in [0.25, 0.3) is 10.2 Å². The zero-order valence-electron chi connectivity index (χ0n) is 10.3. The Labute approximate surface area is 107 Å². The molecule has 0 aromatic carbocycles. The van der Waals surface area contributed by atoms with E-state index in [-0.39, 0.29) is 11.8 Å². The van der Waals surface area contributed by atoms with E-state index in [0.717, 1.165) is 25.7 Å². The summed E-state index contributed by atoms with van der Waals surface area (Å²) in [6.45, 7) is 2.04. The van der Waals surface area contributed by atoms with Crippen LogP contribution in [0.1, 0.15) is 25.7 Å². The van der Waals surface area contributed by atoms with Gasteiger partial charge in [-0.2, -0.15) is 17.0 Å². The Balaban J connectivity index is 2.08. The summed E-state index contributed by atoms with van der Waals surface area (Å²) >= 11 is 0. The third kappa shape index (κ3) is 2.60. The minimum Gasteiger partial charge on any atom is -0.409 e. The maximum atomic E-state index is 12.4. The molecule has 2 heterocycles. The quantitative estimate of drug-likeness (QED) is 0.322. The van der Waals surface area contributed by atoms with E-state index in [1.807, 2.05) is 0 Å². The molecule has 7 nitrogen and oxygen atoms in total. The van der Waals surface area contributed by atoms with Crippen LogP contribution >= 0.6 is 0 Å². The Morgan fingerprint density at radius 2 is 1.78 bits per heavy atom. The number of nitrogens with zero attached hydrogens (tertiary/aromatic N) is 3. The van der Waals surface area contributed by atoms with Crippen LogP contribution in [0.5, 0.6) is 0 Å². The zero-order valence-corrected chi connectivity index (χ0v) is 11.1. The molecule has 2 fully saturated rings. The molecule has 3 N–H and O–H groups in total. The molecule has 0 bridgehead atoms. The van der Waals surface area contributed by atoms with Gasteiger partial charge in [-0.25, -0.2) is 0 Å².